The van der Waals surface area contributed by atoms with E-state index in [9.17, 15) is 4.39 Å². The quantitative estimate of drug-likeness (QED) is 0.782. The van der Waals surface area contributed by atoms with Crippen molar-refractivity contribution < 1.29 is 18.6 Å². The average molecular weight is 369 g/mol. The molecule has 140 valence electrons. The monoisotopic (exact) mass is 369 g/mol. The lowest BCUT2D eigenvalue weighted by Crippen LogP contribution is -2.59. The number of halogens is 1. The molecule has 5 rings (SSSR count). The van der Waals surface area contributed by atoms with Gasteiger partial charge in [-0.3, -0.25) is 0 Å². The van der Waals surface area contributed by atoms with Crippen molar-refractivity contribution in [3.05, 3.63) is 48.0 Å². The Labute approximate surface area is 156 Å². The molecule has 1 aromatic carbocycles. The molecule has 1 fully saturated rings. The zero-order valence-electron chi connectivity index (χ0n) is 14.9. The highest BCUT2D eigenvalue weighted by Gasteiger charge is 2.59. The van der Waals surface area contributed by atoms with Gasteiger partial charge in [-0.15, -0.1) is 0 Å². The summed E-state index contributed by atoms with van der Waals surface area (Å²) >= 11 is 0. The first-order valence-corrected chi connectivity index (χ1v) is 9.02. The SMILES string of the molecule is C[C@]12CCOC[C@@H]1C1(COC(N)=N1)c1cc(-c3cccnc3F)ccc1O2. The molecule has 6 nitrogen and oxygen atoms in total. The Hall–Kier alpha value is -2.67. The van der Waals surface area contributed by atoms with E-state index in [-0.39, 0.29) is 11.9 Å². The van der Waals surface area contributed by atoms with Gasteiger partial charge in [0.25, 0.3) is 6.02 Å². The van der Waals surface area contributed by atoms with E-state index in [0.29, 0.717) is 30.9 Å². The summed E-state index contributed by atoms with van der Waals surface area (Å²) in [7, 11) is 0. The number of amidine groups is 1. The van der Waals surface area contributed by atoms with E-state index in [4.69, 9.17) is 24.9 Å². The van der Waals surface area contributed by atoms with Crippen LogP contribution in [0.3, 0.4) is 0 Å². The van der Waals surface area contributed by atoms with Gasteiger partial charge in [-0.05, 0) is 36.8 Å². The van der Waals surface area contributed by atoms with Crippen LogP contribution in [-0.4, -0.2) is 36.4 Å². The minimum atomic E-state index is -0.707. The van der Waals surface area contributed by atoms with Gasteiger partial charge in [-0.25, -0.2) is 9.98 Å². The summed E-state index contributed by atoms with van der Waals surface area (Å²) in [5.41, 5.74) is 6.76. The Bertz CT molecular complexity index is 950. The van der Waals surface area contributed by atoms with Gasteiger partial charge in [0.05, 0.1) is 19.1 Å². The predicted molar refractivity (Wildman–Crippen MR) is 96.8 cm³/mol. The number of aromatic nitrogens is 1. The van der Waals surface area contributed by atoms with Crippen molar-refractivity contribution in [1.82, 2.24) is 4.98 Å². The van der Waals surface area contributed by atoms with Crippen molar-refractivity contribution in [2.45, 2.75) is 24.5 Å². The summed E-state index contributed by atoms with van der Waals surface area (Å²) in [4.78, 5) is 8.47. The van der Waals surface area contributed by atoms with Gasteiger partial charge in [-0.1, -0.05) is 6.07 Å². The minimum absolute atomic E-state index is 0.0544. The number of hydrogen-bond acceptors (Lipinski definition) is 6. The average Bonchev–Trinajstić information content (AvgIpc) is 3.04. The zero-order chi connectivity index (χ0) is 18.6. The first kappa shape index (κ1) is 16.5. The van der Waals surface area contributed by atoms with E-state index < -0.39 is 17.1 Å². The third-order valence-electron chi connectivity index (χ3n) is 5.95. The fourth-order valence-corrected chi connectivity index (χ4v) is 4.52. The Morgan fingerprint density at radius 3 is 2.96 bits per heavy atom. The van der Waals surface area contributed by atoms with Crippen molar-refractivity contribution in [2.24, 2.45) is 16.6 Å². The smallest absolute Gasteiger partial charge is 0.283 e. The second kappa shape index (κ2) is 5.66. The molecule has 1 aromatic heterocycles. The third kappa shape index (κ3) is 2.34. The first-order valence-electron chi connectivity index (χ1n) is 9.02. The molecule has 4 heterocycles. The molecule has 7 heteroatoms. The van der Waals surface area contributed by atoms with Gasteiger partial charge in [0.2, 0.25) is 5.95 Å². The highest BCUT2D eigenvalue weighted by molar-refractivity contribution is 5.75. The fraction of sp³-hybridized carbons (Fsp3) is 0.400. The molecular formula is C20H20FN3O3. The van der Waals surface area contributed by atoms with Gasteiger partial charge in [-0.2, -0.15) is 4.39 Å². The highest BCUT2D eigenvalue weighted by Crippen LogP contribution is 2.54. The lowest BCUT2D eigenvalue weighted by atomic mass is 9.66. The number of benzene rings is 1. The Morgan fingerprint density at radius 2 is 2.19 bits per heavy atom. The molecule has 0 amide bonds. The summed E-state index contributed by atoms with van der Waals surface area (Å²) < 4.78 is 32.0. The van der Waals surface area contributed by atoms with Crippen LogP contribution in [0.4, 0.5) is 4.39 Å². The molecule has 0 aliphatic carbocycles. The largest absolute Gasteiger partial charge is 0.487 e. The van der Waals surface area contributed by atoms with E-state index in [1.165, 1.54) is 6.20 Å². The van der Waals surface area contributed by atoms with Crippen LogP contribution in [0, 0.1) is 11.9 Å². The molecule has 0 bridgehead atoms. The summed E-state index contributed by atoms with van der Waals surface area (Å²) in [5, 5.41) is 0. The maximum Gasteiger partial charge on any atom is 0.283 e. The molecule has 27 heavy (non-hydrogen) atoms. The number of pyridine rings is 1. The van der Waals surface area contributed by atoms with E-state index in [0.717, 1.165) is 17.7 Å². The third-order valence-corrected chi connectivity index (χ3v) is 5.95. The van der Waals surface area contributed by atoms with E-state index in [1.54, 1.807) is 12.1 Å². The summed E-state index contributed by atoms with van der Waals surface area (Å²) in [6, 6.07) is 9.21. The molecule has 1 unspecified atom stereocenters. The van der Waals surface area contributed by atoms with Gasteiger partial charge in [0.15, 0.2) is 0 Å². The standard InChI is InChI=1S/C20H20FN3O3/c1-19-6-8-25-10-16(19)20(11-26-18(22)24-20)14-9-12(4-5-15(14)27-19)13-3-2-7-23-17(13)21/h2-5,7,9,16H,6,8,10-11H2,1H3,(H2,22,24)/t16-,19-,20?/m0/s1. The van der Waals surface area contributed by atoms with E-state index in [2.05, 4.69) is 11.9 Å². The highest BCUT2D eigenvalue weighted by atomic mass is 19.1. The van der Waals surface area contributed by atoms with E-state index in [1.807, 2.05) is 18.2 Å². The topological polar surface area (TPSA) is 79.0 Å². The molecule has 3 aliphatic heterocycles. The molecule has 0 saturated carbocycles. The van der Waals surface area contributed by atoms with Crippen molar-refractivity contribution in [3.63, 3.8) is 0 Å². The van der Waals surface area contributed by atoms with Crippen molar-refractivity contribution >= 4 is 6.02 Å². The summed E-state index contributed by atoms with van der Waals surface area (Å²) in [6.45, 7) is 3.54. The second-order valence-corrected chi connectivity index (χ2v) is 7.51. The molecule has 2 N–H and O–H groups in total. The number of aliphatic imine (C=N–C) groups is 1. The van der Waals surface area contributed by atoms with Crippen molar-refractivity contribution in [2.75, 3.05) is 19.8 Å². The molecular weight excluding hydrogens is 349 g/mol. The molecule has 0 radical (unpaired) electrons. The van der Waals surface area contributed by atoms with Crippen LogP contribution in [0.2, 0.25) is 0 Å². The maximum atomic E-state index is 14.2. The van der Waals surface area contributed by atoms with Gasteiger partial charge < -0.3 is 19.9 Å². The summed E-state index contributed by atoms with van der Waals surface area (Å²) in [6.07, 6.45) is 2.19. The van der Waals surface area contributed by atoms with Gasteiger partial charge in [0.1, 0.15) is 23.5 Å². The second-order valence-electron chi connectivity index (χ2n) is 7.51. The summed E-state index contributed by atoms with van der Waals surface area (Å²) in [5.74, 6) is 0.159. The Balaban J connectivity index is 1.71. The molecule has 3 atom stereocenters. The van der Waals surface area contributed by atoms with Crippen LogP contribution in [0.1, 0.15) is 18.9 Å². The minimum Gasteiger partial charge on any atom is -0.487 e. The molecule has 1 saturated heterocycles. The molecule has 3 aliphatic rings. The van der Waals surface area contributed by atoms with Crippen molar-refractivity contribution in [3.8, 4) is 16.9 Å². The lowest BCUT2D eigenvalue weighted by Gasteiger charge is -2.52. The lowest BCUT2D eigenvalue weighted by molar-refractivity contribution is -0.129. The predicted octanol–water partition coefficient (Wildman–Crippen LogP) is 2.62. The van der Waals surface area contributed by atoms with E-state index >= 15 is 0 Å². The normalized spacial score (nSPS) is 31.5. The fourth-order valence-electron chi connectivity index (χ4n) is 4.52. The van der Waals surface area contributed by atoms with Crippen molar-refractivity contribution in [1.29, 1.82) is 0 Å². The van der Waals surface area contributed by atoms with Crippen LogP contribution < -0.4 is 10.5 Å². The Morgan fingerprint density at radius 1 is 1.30 bits per heavy atom. The Kier molecular flexibility index (Phi) is 3.46. The van der Waals surface area contributed by atoms with Crippen LogP contribution >= 0.6 is 0 Å². The van der Waals surface area contributed by atoms with Gasteiger partial charge in [0, 0.05) is 23.7 Å². The van der Waals surface area contributed by atoms with Crippen LogP contribution in [0.25, 0.3) is 11.1 Å². The number of nitrogens with zero attached hydrogens (tertiary/aromatic N) is 2. The van der Waals surface area contributed by atoms with Crippen LogP contribution in [0.15, 0.2) is 41.5 Å². The van der Waals surface area contributed by atoms with Crippen LogP contribution in [0.5, 0.6) is 5.75 Å². The number of hydrogen-bond donors (Lipinski definition) is 1. The number of rotatable bonds is 1. The van der Waals surface area contributed by atoms with Crippen LogP contribution in [-0.2, 0) is 15.0 Å². The number of nitrogens with two attached hydrogens (primary N) is 1. The maximum absolute atomic E-state index is 14.2. The molecule has 1 spiro atoms. The van der Waals surface area contributed by atoms with Gasteiger partial charge >= 0.3 is 0 Å². The number of ether oxygens (including phenoxy) is 3. The number of fused-ring (bicyclic) bond motifs is 4. The first-order chi connectivity index (χ1) is 13.0. The molecule has 2 aromatic rings. The zero-order valence-corrected chi connectivity index (χ0v) is 14.9.